The summed E-state index contributed by atoms with van der Waals surface area (Å²) in [6.45, 7) is 0. The van der Waals surface area contributed by atoms with Gasteiger partial charge in [-0.3, -0.25) is 0 Å². The monoisotopic (exact) mass is 909 g/mol. The topological polar surface area (TPSA) is 9.72 Å². The van der Waals surface area contributed by atoms with Gasteiger partial charge in [0.05, 0.1) is 0 Å². The molecule has 0 amide bonds. The lowest BCUT2D eigenvalue weighted by atomic mass is 9.93. The van der Waals surface area contributed by atoms with Crippen LogP contribution in [0, 0.1) is 0 Å². The summed E-state index contributed by atoms with van der Waals surface area (Å²) >= 11 is 0. The first-order chi connectivity index (χ1) is 35.2. The first-order valence-electron chi connectivity index (χ1n) is 24.2. The van der Waals surface area contributed by atoms with Gasteiger partial charge in [-0.25, -0.2) is 0 Å². The van der Waals surface area contributed by atoms with Crippen molar-refractivity contribution in [2.45, 2.75) is 0 Å². The summed E-state index contributed by atoms with van der Waals surface area (Å²) in [5.74, 6) is 0. The number of rotatable bonds is 14. The summed E-state index contributed by atoms with van der Waals surface area (Å²) in [5, 5.41) is 0. The van der Waals surface area contributed by atoms with Gasteiger partial charge in [0, 0.05) is 51.2 Å². The van der Waals surface area contributed by atoms with Gasteiger partial charge in [0.25, 0.3) is 0 Å². The Morgan fingerprint density at radius 3 is 0.761 bits per heavy atom. The maximum Gasteiger partial charge on any atom is 0.0463 e. The number of nitrogens with zero attached hydrogens (tertiary/aromatic N) is 3. The zero-order valence-corrected chi connectivity index (χ0v) is 39.3. The molecule has 0 fully saturated rings. The van der Waals surface area contributed by atoms with Crippen molar-refractivity contribution in [2.24, 2.45) is 0 Å². The number of para-hydroxylation sites is 4. The van der Waals surface area contributed by atoms with Crippen molar-refractivity contribution < 1.29 is 0 Å². The van der Waals surface area contributed by atoms with Crippen LogP contribution in [-0.4, -0.2) is 0 Å². The molecule has 0 aromatic heterocycles. The summed E-state index contributed by atoms with van der Waals surface area (Å²) in [6, 6.07) is 108. The van der Waals surface area contributed by atoms with Crippen molar-refractivity contribution in [3.63, 3.8) is 0 Å². The van der Waals surface area contributed by atoms with Gasteiger partial charge in [-0.05, 0) is 160 Å². The van der Waals surface area contributed by atoms with E-state index in [1.165, 1.54) is 27.8 Å². The van der Waals surface area contributed by atoms with Crippen molar-refractivity contribution >= 4 is 62.8 Å². The van der Waals surface area contributed by atoms with Crippen LogP contribution in [0.4, 0.5) is 51.2 Å². The third-order valence-electron chi connectivity index (χ3n) is 12.9. The predicted molar refractivity (Wildman–Crippen MR) is 301 cm³/mol. The maximum atomic E-state index is 2.34. The van der Waals surface area contributed by atoms with Crippen molar-refractivity contribution in [1.82, 2.24) is 0 Å². The van der Waals surface area contributed by atoms with E-state index in [0.717, 1.165) is 67.9 Å². The lowest BCUT2D eigenvalue weighted by Gasteiger charge is -2.29. The third-order valence-corrected chi connectivity index (χ3v) is 12.9. The smallest absolute Gasteiger partial charge is 0.0463 e. The van der Waals surface area contributed by atoms with Crippen LogP contribution in [0.2, 0.25) is 0 Å². The highest BCUT2D eigenvalue weighted by Crippen LogP contribution is 2.42. The molecular formula is C68H51N3. The fraction of sp³-hybridized carbons (Fsp3) is 0. The molecular weight excluding hydrogens is 859 g/mol. The molecule has 0 unspecified atom stereocenters. The average Bonchev–Trinajstić information content (AvgIpc) is 3.45. The Labute approximate surface area is 417 Å². The van der Waals surface area contributed by atoms with E-state index in [2.05, 4.69) is 324 Å². The second-order valence-corrected chi connectivity index (χ2v) is 17.4. The highest BCUT2D eigenvalue weighted by atomic mass is 15.2. The van der Waals surface area contributed by atoms with Crippen molar-refractivity contribution in [2.75, 3.05) is 14.7 Å². The summed E-state index contributed by atoms with van der Waals surface area (Å²) < 4.78 is 0. The Morgan fingerprint density at radius 2 is 0.423 bits per heavy atom. The number of hydrogen-bond donors (Lipinski definition) is 0. The summed E-state index contributed by atoms with van der Waals surface area (Å²) in [4.78, 5) is 6.94. The van der Waals surface area contributed by atoms with E-state index in [0.29, 0.717) is 0 Å². The summed E-state index contributed by atoms with van der Waals surface area (Å²) in [7, 11) is 0. The molecule has 0 saturated carbocycles. The molecule has 0 aliphatic rings. The molecule has 0 radical (unpaired) electrons. The molecule has 11 aromatic rings. The largest absolute Gasteiger partial charge is 0.311 e. The molecule has 71 heavy (non-hydrogen) atoms. The standard InChI is InChI=1S/C68H51N3/c1-7-19-53(20-8-1)55-35-37-58(38-36-55)68(57-21-9-2-10-22-57)51-52-31-33-54(34-32-52)56-39-41-63(42-40-56)71(66-47-43-64(44-48-66)69(59-23-11-3-12-24-59)60-25-13-4-14-26-60)67-49-45-65(46-50-67)70(61-27-15-5-16-28-61)62-29-17-6-18-30-62/h1-51H. The minimum absolute atomic E-state index is 1.05. The second kappa shape index (κ2) is 20.8. The Bertz CT molecular complexity index is 3230. The molecule has 3 nitrogen and oxygen atoms in total. The van der Waals surface area contributed by atoms with Gasteiger partial charge in [-0.15, -0.1) is 0 Å². The molecule has 0 N–H and O–H groups in total. The molecule has 0 bridgehead atoms. The lowest BCUT2D eigenvalue weighted by molar-refractivity contribution is 1.24. The quantitative estimate of drug-likeness (QED) is 0.101. The van der Waals surface area contributed by atoms with Gasteiger partial charge < -0.3 is 14.7 Å². The van der Waals surface area contributed by atoms with Crippen molar-refractivity contribution in [1.29, 1.82) is 0 Å². The van der Waals surface area contributed by atoms with Gasteiger partial charge in [0.1, 0.15) is 0 Å². The highest BCUT2D eigenvalue weighted by Gasteiger charge is 2.18. The van der Waals surface area contributed by atoms with Crippen molar-refractivity contribution in [3.8, 4) is 22.3 Å². The third kappa shape index (κ3) is 9.94. The predicted octanol–water partition coefficient (Wildman–Crippen LogP) is 19.0. The number of benzene rings is 11. The van der Waals surface area contributed by atoms with Gasteiger partial charge in [-0.1, -0.05) is 194 Å². The average molecular weight is 910 g/mol. The van der Waals surface area contributed by atoms with Gasteiger partial charge >= 0.3 is 0 Å². The first kappa shape index (κ1) is 44.1. The molecule has 3 heteroatoms. The molecule has 0 atom stereocenters. The normalized spacial score (nSPS) is 11.2. The molecule has 338 valence electrons. The lowest BCUT2D eigenvalue weighted by Crippen LogP contribution is -2.13. The molecule has 0 aliphatic carbocycles. The molecule has 0 heterocycles. The zero-order chi connectivity index (χ0) is 47.6. The van der Waals surface area contributed by atoms with E-state index in [4.69, 9.17) is 0 Å². The summed E-state index contributed by atoms with van der Waals surface area (Å²) in [5.41, 5.74) is 19.2. The second-order valence-electron chi connectivity index (χ2n) is 17.4. The Morgan fingerprint density at radius 1 is 0.197 bits per heavy atom. The fourth-order valence-electron chi connectivity index (χ4n) is 9.32. The van der Waals surface area contributed by atoms with Crippen LogP contribution < -0.4 is 14.7 Å². The first-order valence-corrected chi connectivity index (χ1v) is 24.2. The fourth-order valence-corrected chi connectivity index (χ4v) is 9.32. The Kier molecular flexibility index (Phi) is 12.9. The van der Waals surface area contributed by atoms with E-state index in [1.807, 2.05) is 0 Å². The maximum absolute atomic E-state index is 2.34. The molecule has 0 spiro atoms. The van der Waals surface area contributed by atoms with E-state index in [1.54, 1.807) is 0 Å². The zero-order valence-electron chi connectivity index (χ0n) is 39.3. The summed E-state index contributed by atoms with van der Waals surface area (Å²) in [6.07, 6.45) is 2.30. The van der Waals surface area contributed by atoms with Crippen molar-refractivity contribution in [3.05, 3.63) is 320 Å². The van der Waals surface area contributed by atoms with Crippen LogP contribution in [-0.2, 0) is 0 Å². The van der Waals surface area contributed by atoms with E-state index in [9.17, 15) is 0 Å². The van der Waals surface area contributed by atoms with E-state index < -0.39 is 0 Å². The van der Waals surface area contributed by atoms with E-state index >= 15 is 0 Å². The van der Waals surface area contributed by atoms with Crippen LogP contribution in [0.3, 0.4) is 0 Å². The molecule has 0 saturated heterocycles. The highest BCUT2D eigenvalue weighted by molar-refractivity contribution is 5.92. The van der Waals surface area contributed by atoms with Gasteiger partial charge in [0.15, 0.2) is 0 Å². The van der Waals surface area contributed by atoms with Crippen LogP contribution >= 0.6 is 0 Å². The Hall–Kier alpha value is -9.44. The number of hydrogen-bond acceptors (Lipinski definition) is 3. The molecule has 11 aromatic carbocycles. The molecule has 11 rings (SSSR count). The SMILES string of the molecule is C(=C(c1ccccc1)c1ccc(-c2ccccc2)cc1)c1ccc(-c2ccc(N(c3ccc(N(c4ccccc4)c4ccccc4)cc3)c3ccc(N(c4ccccc4)c4ccccc4)cc3)cc2)cc1. The van der Waals surface area contributed by atoms with Crippen LogP contribution in [0.5, 0.6) is 0 Å². The number of anilines is 9. The van der Waals surface area contributed by atoms with Gasteiger partial charge in [0.2, 0.25) is 0 Å². The van der Waals surface area contributed by atoms with Gasteiger partial charge in [-0.2, -0.15) is 0 Å². The Balaban J connectivity index is 0.922. The van der Waals surface area contributed by atoms with E-state index in [-0.39, 0.29) is 0 Å². The minimum Gasteiger partial charge on any atom is -0.311 e. The van der Waals surface area contributed by atoms with Crippen LogP contribution in [0.1, 0.15) is 16.7 Å². The van der Waals surface area contributed by atoms with Crippen LogP contribution in [0.15, 0.2) is 303 Å². The van der Waals surface area contributed by atoms with Crippen LogP contribution in [0.25, 0.3) is 33.9 Å². The molecule has 0 aliphatic heterocycles. The minimum atomic E-state index is 1.05.